The average molecular weight is 256 g/mol. The smallest absolute Gasteiger partial charge is 0.201 e. The monoisotopic (exact) mass is 255 g/mol. The summed E-state index contributed by atoms with van der Waals surface area (Å²) in [5.74, 6) is -1.71. The first-order valence-electron chi connectivity index (χ1n) is 4.79. The molecule has 2 aromatic carbocycles. The molecule has 0 spiro atoms. The molecule has 88 valence electrons. The molecule has 0 saturated carbocycles. The van der Waals surface area contributed by atoms with Crippen molar-refractivity contribution >= 4 is 17.5 Å². The second kappa shape index (κ2) is 5.01. The third-order valence-corrected chi connectivity index (χ3v) is 2.33. The molecule has 2 rings (SSSR count). The number of hydrogen-bond acceptors (Lipinski definition) is 2. The normalized spacial score (nSPS) is 10.1. The summed E-state index contributed by atoms with van der Waals surface area (Å²) < 4.78 is 31.4. The van der Waals surface area contributed by atoms with Crippen LogP contribution in [0.25, 0.3) is 0 Å². The van der Waals surface area contributed by atoms with Crippen molar-refractivity contribution < 1.29 is 13.5 Å². The molecule has 0 radical (unpaired) electrons. The molecule has 0 aliphatic carbocycles. The van der Waals surface area contributed by atoms with E-state index in [0.29, 0.717) is 11.4 Å². The van der Waals surface area contributed by atoms with Gasteiger partial charge in [0, 0.05) is 17.5 Å². The first-order valence-corrected chi connectivity index (χ1v) is 5.17. The maximum atomic E-state index is 13.3. The van der Waals surface area contributed by atoms with Gasteiger partial charge in [0.1, 0.15) is 5.75 Å². The number of hydrogen-bond donors (Lipinski definition) is 1. The van der Waals surface area contributed by atoms with E-state index in [1.165, 1.54) is 12.1 Å². The number of ether oxygens (including phenoxy) is 1. The molecule has 0 aliphatic heterocycles. The molecule has 17 heavy (non-hydrogen) atoms. The lowest BCUT2D eigenvalue weighted by Crippen LogP contribution is -1.91. The van der Waals surface area contributed by atoms with Crippen molar-refractivity contribution in [1.29, 1.82) is 0 Å². The molecule has 0 bridgehead atoms. The molecule has 2 aromatic rings. The third-order valence-electron chi connectivity index (χ3n) is 2.11. The van der Waals surface area contributed by atoms with E-state index in [9.17, 15) is 8.78 Å². The van der Waals surface area contributed by atoms with E-state index in [2.05, 4.69) is 4.84 Å². The molecule has 0 aliphatic rings. The van der Waals surface area contributed by atoms with Crippen molar-refractivity contribution in [2.24, 2.45) is 0 Å². The van der Waals surface area contributed by atoms with Gasteiger partial charge in [0.15, 0.2) is 11.6 Å². The lowest BCUT2D eigenvalue weighted by atomic mass is 10.3. The van der Waals surface area contributed by atoms with Gasteiger partial charge in [0.05, 0.1) is 0 Å². The van der Waals surface area contributed by atoms with Gasteiger partial charge in [0.25, 0.3) is 0 Å². The van der Waals surface area contributed by atoms with E-state index in [1.807, 2.05) is 0 Å². The summed E-state index contributed by atoms with van der Waals surface area (Å²) in [6.45, 7) is 0. The van der Waals surface area contributed by atoms with Gasteiger partial charge in [-0.1, -0.05) is 6.07 Å². The molecule has 0 fully saturated rings. The van der Waals surface area contributed by atoms with Crippen molar-refractivity contribution in [2.75, 3.05) is 4.84 Å². The Kier molecular flexibility index (Phi) is 3.44. The highest BCUT2D eigenvalue weighted by Crippen LogP contribution is 2.26. The largest absolute Gasteiger partial charge is 0.454 e. The van der Waals surface area contributed by atoms with Crippen LogP contribution in [-0.2, 0) is 0 Å². The molecule has 0 amide bonds. The van der Waals surface area contributed by atoms with Crippen LogP contribution in [0.15, 0.2) is 42.5 Å². The Morgan fingerprint density at radius 1 is 1.00 bits per heavy atom. The van der Waals surface area contributed by atoms with Gasteiger partial charge in [0.2, 0.25) is 5.82 Å². The number of nitrogens with one attached hydrogen (secondary N) is 1. The van der Waals surface area contributed by atoms with Crippen LogP contribution in [-0.4, -0.2) is 0 Å². The average Bonchev–Trinajstić information content (AvgIpc) is 2.36. The van der Waals surface area contributed by atoms with Crippen molar-refractivity contribution in [2.45, 2.75) is 0 Å². The number of rotatable bonds is 3. The van der Waals surface area contributed by atoms with Crippen molar-refractivity contribution in [3.05, 3.63) is 54.1 Å². The zero-order chi connectivity index (χ0) is 12.3. The van der Waals surface area contributed by atoms with Gasteiger partial charge >= 0.3 is 0 Å². The topological polar surface area (TPSA) is 21.3 Å². The molecule has 0 saturated heterocycles. The summed E-state index contributed by atoms with van der Waals surface area (Å²) in [6.07, 6.45) is 0. The van der Waals surface area contributed by atoms with Crippen molar-refractivity contribution in [3.8, 4) is 11.5 Å². The molecular weight excluding hydrogens is 248 g/mol. The minimum absolute atomic E-state index is 0.156. The van der Waals surface area contributed by atoms with Gasteiger partial charge in [-0.3, -0.25) is 4.84 Å². The minimum atomic E-state index is -1.01. The fraction of sp³-hybridized carbons (Fsp3) is 0. The summed E-state index contributed by atoms with van der Waals surface area (Å²) >= 11 is 5.39. The van der Waals surface area contributed by atoms with E-state index in [-0.39, 0.29) is 5.75 Å². The van der Waals surface area contributed by atoms with Crippen LogP contribution in [0.1, 0.15) is 0 Å². The third kappa shape index (κ3) is 2.65. The zero-order valence-electron chi connectivity index (χ0n) is 8.58. The van der Waals surface area contributed by atoms with Crippen LogP contribution < -0.4 is 9.57 Å². The lowest BCUT2D eigenvalue weighted by molar-refractivity contribution is 0.416. The molecule has 0 heterocycles. The highest BCUT2D eigenvalue weighted by atomic mass is 35.5. The summed E-state index contributed by atoms with van der Waals surface area (Å²) in [5, 5.41) is 0. The minimum Gasteiger partial charge on any atom is -0.454 e. The first kappa shape index (κ1) is 11.7. The highest BCUT2D eigenvalue weighted by Gasteiger charge is 2.09. The summed E-state index contributed by atoms with van der Waals surface area (Å²) in [6, 6.07) is 10.3. The second-order valence-electron chi connectivity index (χ2n) is 3.27. The first-order chi connectivity index (χ1) is 8.20. The number of anilines is 1. The summed E-state index contributed by atoms with van der Waals surface area (Å²) in [7, 11) is 0. The van der Waals surface area contributed by atoms with Crippen LogP contribution in [0.5, 0.6) is 11.5 Å². The Morgan fingerprint density at radius 3 is 2.35 bits per heavy atom. The highest BCUT2D eigenvalue weighted by molar-refractivity contribution is 6.23. The van der Waals surface area contributed by atoms with Gasteiger partial charge < -0.3 is 4.74 Å². The van der Waals surface area contributed by atoms with Crippen LogP contribution in [0.4, 0.5) is 14.5 Å². The maximum absolute atomic E-state index is 13.3. The van der Waals surface area contributed by atoms with Crippen LogP contribution in [0.2, 0.25) is 0 Å². The molecule has 0 unspecified atom stereocenters. The molecule has 2 nitrogen and oxygen atoms in total. The lowest BCUT2D eigenvalue weighted by Gasteiger charge is -2.07. The van der Waals surface area contributed by atoms with Crippen LogP contribution in [0, 0.1) is 11.6 Å². The Bertz CT molecular complexity index is 516. The molecule has 5 heteroatoms. The van der Waals surface area contributed by atoms with E-state index in [4.69, 9.17) is 16.5 Å². The Morgan fingerprint density at radius 2 is 1.71 bits per heavy atom. The Hall–Kier alpha value is -1.81. The summed E-state index contributed by atoms with van der Waals surface area (Å²) in [4.78, 5) is 2.42. The molecule has 1 N–H and O–H groups in total. The predicted octanol–water partition coefficient (Wildman–Crippen LogP) is 4.32. The van der Waals surface area contributed by atoms with E-state index < -0.39 is 11.6 Å². The maximum Gasteiger partial charge on any atom is 0.201 e. The predicted molar refractivity (Wildman–Crippen MR) is 62.3 cm³/mol. The SMILES string of the molecule is Fc1cccc(Oc2ccc(NCl)cc2)c1F. The van der Waals surface area contributed by atoms with E-state index in [0.717, 1.165) is 6.07 Å². The molecular formula is C12H8ClF2NO. The Balaban J connectivity index is 2.22. The Labute approximate surface area is 102 Å². The quantitative estimate of drug-likeness (QED) is 0.825. The van der Waals surface area contributed by atoms with Crippen LogP contribution >= 0.6 is 11.8 Å². The van der Waals surface area contributed by atoms with Gasteiger partial charge in [-0.2, -0.15) is 4.39 Å². The van der Waals surface area contributed by atoms with Crippen LogP contribution in [0.3, 0.4) is 0 Å². The van der Waals surface area contributed by atoms with Gasteiger partial charge in [-0.25, -0.2) is 4.39 Å². The standard InChI is InChI=1S/C12H8ClF2NO/c13-16-8-4-6-9(7-5-8)17-11-3-1-2-10(14)12(11)15/h1-7,16H. The molecule has 0 atom stereocenters. The molecule has 0 aromatic heterocycles. The zero-order valence-corrected chi connectivity index (χ0v) is 9.34. The van der Waals surface area contributed by atoms with Crippen molar-refractivity contribution in [1.82, 2.24) is 0 Å². The number of halogens is 3. The van der Waals surface area contributed by atoms with Crippen molar-refractivity contribution in [3.63, 3.8) is 0 Å². The fourth-order valence-corrected chi connectivity index (χ4v) is 1.40. The van der Waals surface area contributed by atoms with Gasteiger partial charge in [-0.05, 0) is 36.4 Å². The van der Waals surface area contributed by atoms with E-state index in [1.54, 1.807) is 24.3 Å². The summed E-state index contributed by atoms with van der Waals surface area (Å²) in [5.41, 5.74) is 0.679. The van der Waals surface area contributed by atoms with Gasteiger partial charge in [-0.15, -0.1) is 0 Å². The van der Waals surface area contributed by atoms with E-state index >= 15 is 0 Å². The second-order valence-corrected chi connectivity index (χ2v) is 3.46. The fourth-order valence-electron chi connectivity index (χ4n) is 1.28. The number of benzene rings is 2.